The second kappa shape index (κ2) is 9.81. The van der Waals surface area contributed by atoms with Crippen molar-refractivity contribution in [3.63, 3.8) is 0 Å². The van der Waals surface area contributed by atoms with E-state index in [1.807, 2.05) is 0 Å². The van der Waals surface area contributed by atoms with Gasteiger partial charge in [0.25, 0.3) is 0 Å². The summed E-state index contributed by atoms with van der Waals surface area (Å²) in [7, 11) is 0. The van der Waals surface area contributed by atoms with Crippen molar-refractivity contribution in [2.75, 3.05) is 13.2 Å². The molecular formula is C18H37NO2. The van der Waals surface area contributed by atoms with Gasteiger partial charge in [0.2, 0.25) is 0 Å². The molecule has 0 aromatic carbocycles. The lowest BCUT2D eigenvalue weighted by Gasteiger charge is -2.32. The van der Waals surface area contributed by atoms with Gasteiger partial charge in [-0.3, -0.25) is 0 Å². The van der Waals surface area contributed by atoms with Crippen LogP contribution in [0.15, 0.2) is 0 Å². The predicted molar refractivity (Wildman–Crippen MR) is 89.6 cm³/mol. The third-order valence-corrected chi connectivity index (χ3v) is 4.80. The van der Waals surface area contributed by atoms with E-state index in [2.05, 4.69) is 33.0 Å². The maximum absolute atomic E-state index is 9.57. The summed E-state index contributed by atoms with van der Waals surface area (Å²) >= 11 is 0. The van der Waals surface area contributed by atoms with Crippen LogP contribution < -0.4 is 5.32 Å². The lowest BCUT2D eigenvalue weighted by Crippen LogP contribution is -2.49. The van der Waals surface area contributed by atoms with E-state index in [9.17, 15) is 5.11 Å². The Hall–Kier alpha value is -0.120. The molecule has 3 nitrogen and oxygen atoms in total. The van der Waals surface area contributed by atoms with Gasteiger partial charge in [-0.15, -0.1) is 0 Å². The van der Waals surface area contributed by atoms with Crippen LogP contribution in [0.2, 0.25) is 0 Å². The fourth-order valence-corrected chi connectivity index (χ4v) is 3.61. The Kier molecular flexibility index (Phi) is 8.84. The summed E-state index contributed by atoms with van der Waals surface area (Å²) < 4.78 is 6.13. The Bertz CT molecular complexity index is 270. The first-order chi connectivity index (χ1) is 10.0. The molecule has 21 heavy (non-hydrogen) atoms. The van der Waals surface area contributed by atoms with Gasteiger partial charge in [0.15, 0.2) is 0 Å². The van der Waals surface area contributed by atoms with E-state index < -0.39 is 0 Å². The summed E-state index contributed by atoms with van der Waals surface area (Å²) in [5, 5.41) is 13.0. The van der Waals surface area contributed by atoms with E-state index in [1.165, 1.54) is 32.1 Å². The Balaban J connectivity index is 2.18. The Labute approximate surface area is 131 Å². The minimum Gasteiger partial charge on any atom is -0.394 e. The average Bonchev–Trinajstić information content (AvgIpc) is 2.46. The summed E-state index contributed by atoms with van der Waals surface area (Å²) in [6, 6.07) is 0.408. The molecule has 0 radical (unpaired) electrons. The number of unbranched alkanes of at least 4 members (excludes halogenated alkanes) is 1. The zero-order valence-electron chi connectivity index (χ0n) is 14.7. The third-order valence-electron chi connectivity index (χ3n) is 4.80. The molecule has 1 fully saturated rings. The highest BCUT2D eigenvalue weighted by Crippen LogP contribution is 2.29. The monoisotopic (exact) mass is 299 g/mol. The van der Waals surface area contributed by atoms with Gasteiger partial charge in [-0.25, -0.2) is 0 Å². The van der Waals surface area contributed by atoms with Crippen LogP contribution in [0.3, 0.4) is 0 Å². The van der Waals surface area contributed by atoms with Crippen LogP contribution in [0.25, 0.3) is 0 Å². The molecule has 0 aromatic heterocycles. The molecule has 3 heteroatoms. The van der Waals surface area contributed by atoms with Gasteiger partial charge in [-0.05, 0) is 44.9 Å². The molecule has 2 N–H and O–H groups in total. The lowest BCUT2D eigenvalue weighted by atomic mass is 9.85. The van der Waals surface area contributed by atoms with Gasteiger partial charge < -0.3 is 15.2 Å². The van der Waals surface area contributed by atoms with Crippen LogP contribution in [0.5, 0.6) is 0 Å². The van der Waals surface area contributed by atoms with Gasteiger partial charge >= 0.3 is 0 Å². The molecule has 0 heterocycles. The summed E-state index contributed by atoms with van der Waals surface area (Å²) in [5.41, 5.74) is -0.148. The van der Waals surface area contributed by atoms with Gasteiger partial charge in [0.05, 0.1) is 12.7 Å². The molecule has 1 aliphatic rings. The molecular weight excluding hydrogens is 262 g/mol. The maximum atomic E-state index is 9.57. The first-order valence-electron chi connectivity index (χ1n) is 9.01. The molecule has 1 saturated carbocycles. The van der Waals surface area contributed by atoms with E-state index >= 15 is 0 Å². The van der Waals surface area contributed by atoms with Crippen molar-refractivity contribution in [1.29, 1.82) is 0 Å². The van der Waals surface area contributed by atoms with E-state index in [0.717, 1.165) is 31.8 Å². The third kappa shape index (κ3) is 7.12. The van der Waals surface area contributed by atoms with Crippen LogP contribution in [-0.2, 0) is 4.74 Å². The molecule has 1 rings (SSSR count). The summed E-state index contributed by atoms with van der Waals surface area (Å²) in [6.07, 6.45) is 10.3. The summed E-state index contributed by atoms with van der Waals surface area (Å²) in [4.78, 5) is 0. The molecule has 3 unspecified atom stereocenters. The predicted octanol–water partition coefficient (Wildman–Crippen LogP) is 3.89. The van der Waals surface area contributed by atoms with Crippen molar-refractivity contribution in [3.05, 3.63) is 0 Å². The van der Waals surface area contributed by atoms with Gasteiger partial charge in [0.1, 0.15) is 0 Å². The number of ether oxygens (including phenoxy) is 1. The first-order valence-corrected chi connectivity index (χ1v) is 9.01. The van der Waals surface area contributed by atoms with Crippen molar-refractivity contribution >= 4 is 0 Å². The molecule has 0 aliphatic heterocycles. The minimum absolute atomic E-state index is 0.148. The average molecular weight is 299 g/mol. The minimum atomic E-state index is -0.148. The Morgan fingerprint density at radius 2 is 1.95 bits per heavy atom. The number of rotatable bonds is 10. The molecule has 1 aliphatic carbocycles. The highest BCUT2D eigenvalue weighted by molar-refractivity contribution is 4.83. The van der Waals surface area contributed by atoms with Crippen LogP contribution in [0.4, 0.5) is 0 Å². The number of aliphatic hydroxyl groups excluding tert-OH is 1. The number of aliphatic hydroxyl groups is 1. The van der Waals surface area contributed by atoms with Gasteiger partial charge in [-0.1, -0.05) is 40.0 Å². The normalized spacial score (nSPS) is 26.0. The molecule has 126 valence electrons. The van der Waals surface area contributed by atoms with E-state index in [1.54, 1.807) is 0 Å². The van der Waals surface area contributed by atoms with Crippen molar-refractivity contribution in [2.24, 2.45) is 5.92 Å². The molecule has 0 saturated heterocycles. The van der Waals surface area contributed by atoms with E-state index in [-0.39, 0.29) is 12.1 Å². The van der Waals surface area contributed by atoms with E-state index in [4.69, 9.17) is 4.74 Å². The maximum Gasteiger partial charge on any atom is 0.0610 e. The van der Waals surface area contributed by atoms with Crippen molar-refractivity contribution < 1.29 is 9.84 Å². The number of hydrogen-bond acceptors (Lipinski definition) is 3. The standard InChI is InChI=1S/C18H37NO2/c1-5-16-10-6-7-11-17(16)21-13-9-8-12-18(4,14-20)19-15(2)3/h15-17,19-20H,5-14H2,1-4H3. The highest BCUT2D eigenvalue weighted by Gasteiger charge is 2.25. The van der Waals surface area contributed by atoms with E-state index in [0.29, 0.717) is 12.1 Å². The van der Waals surface area contributed by atoms with Crippen LogP contribution in [0, 0.1) is 5.92 Å². The summed E-state index contributed by atoms with van der Waals surface area (Å²) in [5.74, 6) is 0.782. The second-order valence-corrected chi connectivity index (χ2v) is 7.34. The van der Waals surface area contributed by atoms with Crippen LogP contribution in [-0.4, -0.2) is 36.0 Å². The molecule has 0 amide bonds. The fraction of sp³-hybridized carbons (Fsp3) is 1.00. The quantitative estimate of drug-likeness (QED) is 0.601. The number of nitrogens with one attached hydrogen (secondary N) is 1. The highest BCUT2D eigenvalue weighted by atomic mass is 16.5. The summed E-state index contributed by atoms with van der Waals surface area (Å²) in [6.45, 7) is 9.74. The fourth-order valence-electron chi connectivity index (χ4n) is 3.61. The van der Waals surface area contributed by atoms with Crippen LogP contribution in [0.1, 0.15) is 79.1 Å². The van der Waals surface area contributed by atoms with Gasteiger partial charge in [-0.2, -0.15) is 0 Å². The van der Waals surface area contributed by atoms with Crippen molar-refractivity contribution in [1.82, 2.24) is 5.32 Å². The van der Waals surface area contributed by atoms with Crippen LogP contribution >= 0.6 is 0 Å². The second-order valence-electron chi connectivity index (χ2n) is 7.34. The SMILES string of the molecule is CCC1CCCCC1OCCCCC(C)(CO)NC(C)C. The molecule has 0 aromatic rings. The lowest BCUT2D eigenvalue weighted by molar-refractivity contribution is -0.0142. The number of hydrogen-bond donors (Lipinski definition) is 2. The molecule has 0 bridgehead atoms. The Morgan fingerprint density at radius 3 is 2.57 bits per heavy atom. The smallest absolute Gasteiger partial charge is 0.0610 e. The topological polar surface area (TPSA) is 41.5 Å². The zero-order valence-corrected chi connectivity index (χ0v) is 14.7. The van der Waals surface area contributed by atoms with Crippen molar-refractivity contribution in [3.8, 4) is 0 Å². The first kappa shape index (κ1) is 18.9. The Morgan fingerprint density at radius 1 is 1.24 bits per heavy atom. The molecule has 0 spiro atoms. The zero-order chi connectivity index (χ0) is 15.7. The molecule has 3 atom stereocenters. The largest absolute Gasteiger partial charge is 0.394 e. The van der Waals surface area contributed by atoms with Gasteiger partial charge in [0, 0.05) is 18.2 Å². The van der Waals surface area contributed by atoms with Crippen molar-refractivity contribution in [2.45, 2.75) is 96.7 Å².